The van der Waals surface area contributed by atoms with Crippen LogP contribution < -0.4 is 14.8 Å². The zero-order chi connectivity index (χ0) is 16.8. The molecular weight excluding hydrogens is 304 g/mol. The van der Waals surface area contributed by atoms with Crippen LogP contribution in [0.15, 0.2) is 29.2 Å². The van der Waals surface area contributed by atoms with Crippen LogP contribution in [0.25, 0.3) is 0 Å². The quantitative estimate of drug-likeness (QED) is 0.760. The predicted octanol–water partition coefficient (Wildman–Crippen LogP) is 1.67. The highest BCUT2D eigenvalue weighted by Gasteiger charge is 2.16. The molecule has 2 N–H and O–H groups in total. The summed E-state index contributed by atoms with van der Waals surface area (Å²) >= 11 is 0. The van der Waals surface area contributed by atoms with Gasteiger partial charge in [0, 0.05) is 12.6 Å². The molecule has 1 aromatic rings. The van der Waals surface area contributed by atoms with E-state index < -0.39 is 16.1 Å². The van der Waals surface area contributed by atoms with Gasteiger partial charge in [-0.1, -0.05) is 6.92 Å². The highest BCUT2D eigenvalue weighted by Crippen LogP contribution is 2.17. The Morgan fingerprint density at radius 1 is 1.18 bits per heavy atom. The summed E-state index contributed by atoms with van der Waals surface area (Å²) in [4.78, 5) is 11.9. The fraction of sp³-hybridized carbons (Fsp3) is 0.533. The monoisotopic (exact) mass is 328 g/mol. The van der Waals surface area contributed by atoms with Gasteiger partial charge in [-0.05, 0) is 51.5 Å². The Balaban J connectivity index is 2.71. The number of rotatable bonds is 8. The first kappa shape index (κ1) is 18.4. The molecule has 0 heterocycles. The number of benzene rings is 1. The Hall–Kier alpha value is -1.60. The van der Waals surface area contributed by atoms with Gasteiger partial charge in [0.25, 0.3) is 5.91 Å². The van der Waals surface area contributed by atoms with E-state index >= 15 is 0 Å². The van der Waals surface area contributed by atoms with Crippen molar-refractivity contribution in [1.82, 2.24) is 10.0 Å². The summed E-state index contributed by atoms with van der Waals surface area (Å²) in [5.74, 6) is 0.233. The van der Waals surface area contributed by atoms with Crippen LogP contribution in [0.1, 0.15) is 34.1 Å². The number of carbonyl (C=O) groups excluding carboxylic acids is 1. The van der Waals surface area contributed by atoms with E-state index in [1.54, 1.807) is 19.1 Å². The molecule has 0 unspecified atom stereocenters. The summed E-state index contributed by atoms with van der Waals surface area (Å²) < 4.78 is 31.9. The fourth-order valence-electron chi connectivity index (χ4n) is 1.68. The van der Waals surface area contributed by atoms with E-state index in [0.29, 0.717) is 12.3 Å². The van der Waals surface area contributed by atoms with E-state index in [1.807, 2.05) is 20.8 Å². The van der Waals surface area contributed by atoms with Gasteiger partial charge in [-0.15, -0.1) is 0 Å². The van der Waals surface area contributed by atoms with Crippen molar-refractivity contribution in [3.8, 4) is 5.75 Å². The average Bonchev–Trinajstić information content (AvgIpc) is 2.45. The van der Waals surface area contributed by atoms with Crippen LogP contribution in [0.2, 0.25) is 0 Å². The van der Waals surface area contributed by atoms with Gasteiger partial charge in [0.15, 0.2) is 6.10 Å². The number of hydrogen-bond acceptors (Lipinski definition) is 4. The van der Waals surface area contributed by atoms with Crippen molar-refractivity contribution in [2.45, 2.75) is 51.2 Å². The average molecular weight is 328 g/mol. The van der Waals surface area contributed by atoms with E-state index in [4.69, 9.17) is 4.74 Å². The highest BCUT2D eigenvalue weighted by molar-refractivity contribution is 7.89. The topological polar surface area (TPSA) is 84.5 Å². The second-order valence-corrected chi connectivity index (χ2v) is 7.06. The van der Waals surface area contributed by atoms with Crippen LogP contribution in [-0.2, 0) is 14.8 Å². The van der Waals surface area contributed by atoms with Gasteiger partial charge in [-0.2, -0.15) is 0 Å². The first-order valence-electron chi connectivity index (χ1n) is 7.33. The second kappa shape index (κ2) is 8.14. The number of carbonyl (C=O) groups is 1. The number of sulfonamides is 1. The van der Waals surface area contributed by atoms with Crippen LogP contribution >= 0.6 is 0 Å². The van der Waals surface area contributed by atoms with E-state index in [0.717, 1.165) is 6.42 Å². The third-order valence-corrected chi connectivity index (χ3v) is 4.27. The van der Waals surface area contributed by atoms with Gasteiger partial charge in [0.1, 0.15) is 5.75 Å². The number of hydrogen-bond donors (Lipinski definition) is 2. The Morgan fingerprint density at radius 2 is 1.77 bits per heavy atom. The minimum absolute atomic E-state index is 0.0377. The Morgan fingerprint density at radius 3 is 2.27 bits per heavy atom. The van der Waals surface area contributed by atoms with Crippen molar-refractivity contribution < 1.29 is 17.9 Å². The third-order valence-electron chi connectivity index (χ3n) is 2.79. The number of ether oxygens (including phenoxy) is 1. The first-order chi connectivity index (χ1) is 10.3. The van der Waals surface area contributed by atoms with E-state index in [-0.39, 0.29) is 16.8 Å². The fourth-order valence-corrected chi connectivity index (χ4v) is 2.81. The van der Waals surface area contributed by atoms with Crippen molar-refractivity contribution in [2.75, 3.05) is 6.54 Å². The molecule has 0 fully saturated rings. The molecule has 0 saturated heterocycles. The second-order valence-electron chi connectivity index (χ2n) is 5.29. The Kier molecular flexibility index (Phi) is 6.83. The molecule has 0 aliphatic rings. The minimum Gasteiger partial charge on any atom is -0.481 e. The standard InChI is InChI=1S/C15H24N2O4S/c1-5-10-16-22(19,20)14-8-6-13(7-9-14)21-12(4)15(18)17-11(2)3/h6-9,11-12,16H,5,10H2,1-4H3,(H,17,18)/t12-/m1/s1. The number of amides is 1. The molecule has 22 heavy (non-hydrogen) atoms. The van der Waals surface area contributed by atoms with Gasteiger partial charge in [-0.25, -0.2) is 13.1 Å². The summed E-state index contributed by atoms with van der Waals surface area (Å²) in [6.07, 6.45) is 0.0752. The lowest BCUT2D eigenvalue weighted by Crippen LogP contribution is -2.40. The maximum Gasteiger partial charge on any atom is 0.260 e. The largest absolute Gasteiger partial charge is 0.481 e. The molecule has 1 aromatic carbocycles. The molecule has 1 amide bonds. The van der Waals surface area contributed by atoms with Crippen molar-refractivity contribution in [3.05, 3.63) is 24.3 Å². The lowest BCUT2D eigenvalue weighted by Gasteiger charge is -2.16. The first-order valence-corrected chi connectivity index (χ1v) is 8.81. The SMILES string of the molecule is CCCNS(=O)(=O)c1ccc(O[C@H](C)C(=O)NC(C)C)cc1. The molecule has 1 rings (SSSR count). The van der Waals surface area contributed by atoms with Gasteiger partial charge >= 0.3 is 0 Å². The normalized spacial score (nSPS) is 13.0. The summed E-state index contributed by atoms with van der Waals surface area (Å²) in [7, 11) is -3.48. The number of nitrogens with one attached hydrogen (secondary N) is 2. The van der Waals surface area contributed by atoms with E-state index in [1.165, 1.54) is 12.1 Å². The van der Waals surface area contributed by atoms with E-state index in [9.17, 15) is 13.2 Å². The van der Waals surface area contributed by atoms with Gasteiger partial charge in [-0.3, -0.25) is 4.79 Å². The molecule has 0 aliphatic heterocycles. The molecule has 0 bridgehead atoms. The third kappa shape index (κ3) is 5.65. The van der Waals surface area contributed by atoms with Crippen LogP contribution in [0.5, 0.6) is 5.75 Å². The molecule has 0 saturated carbocycles. The summed E-state index contributed by atoms with van der Waals surface area (Å²) in [5, 5.41) is 2.75. The van der Waals surface area contributed by atoms with Crippen molar-refractivity contribution >= 4 is 15.9 Å². The van der Waals surface area contributed by atoms with Gasteiger partial charge < -0.3 is 10.1 Å². The summed E-state index contributed by atoms with van der Waals surface area (Å²) in [6.45, 7) is 7.67. The predicted molar refractivity (Wildman–Crippen MR) is 85.3 cm³/mol. The molecule has 0 aromatic heterocycles. The maximum absolute atomic E-state index is 11.9. The lowest BCUT2D eigenvalue weighted by atomic mass is 10.3. The van der Waals surface area contributed by atoms with Crippen LogP contribution in [0.3, 0.4) is 0 Å². The van der Waals surface area contributed by atoms with Crippen LogP contribution in [0.4, 0.5) is 0 Å². The molecule has 0 radical (unpaired) electrons. The minimum atomic E-state index is -3.48. The molecule has 0 aliphatic carbocycles. The lowest BCUT2D eigenvalue weighted by molar-refractivity contribution is -0.127. The van der Waals surface area contributed by atoms with Crippen LogP contribution in [0, 0.1) is 0 Å². The molecular formula is C15H24N2O4S. The molecule has 6 nitrogen and oxygen atoms in total. The molecule has 124 valence electrons. The molecule has 1 atom stereocenters. The van der Waals surface area contributed by atoms with Crippen molar-refractivity contribution in [3.63, 3.8) is 0 Å². The summed E-state index contributed by atoms with van der Waals surface area (Å²) in [5.41, 5.74) is 0. The van der Waals surface area contributed by atoms with Crippen LogP contribution in [-0.4, -0.2) is 33.0 Å². The van der Waals surface area contributed by atoms with Crippen molar-refractivity contribution in [2.24, 2.45) is 0 Å². The maximum atomic E-state index is 11.9. The smallest absolute Gasteiger partial charge is 0.260 e. The molecule has 0 spiro atoms. The molecule has 7 heteroatoms. The zero-order valence-corrected chi connectivity index (χ0v) is 14.2. The van der Waals surface area contributed by atoms with E-state index in [2.05, 4.69) is 10.0 Å². The van der Waals surface area contributed by atoms with Crippen molar-refractivity contribution in [1.29, 1.82) is 0 Å². The van der Waals surface area contributed by atoms with Gasteiger partial charge in [0.2, 0.25) is 10.0 Å². The summed E-state index contributed by atoms with van der Waals surface area (Å²) in [6, 6.07) is 6.04. The highest BCUT2D eigenvalue weighted by atomic mass is 32.2. The Bertz CT molecular complexity index is 582. The van der Waals surface area contributed by atoms with Gasteiger partial charge in [0.05, 0.1) is 4.90 Å². The Labute approximate surface area is 132 Å². The zero-order valence-electron chi connectivity index (χ0n) is 13.4.